The molecule has 1 aliphatic rings. The number of aromatic nitrogens is 3. The van der Waals surface area contributed by atoms with E-state index in [0.717, 1.165) is 36.5 Å². The highest BCUT2D eigenvalue weighted by Crippen LogP contribution is 2.24. The molecule has 9 heteroatoms. The summed E-state index contributed by atoms with van der Waals surface area (Å²) in [6.45, 7) is 1.39. The van der Waals surface area contributed by atoms with Crippen molar-refractivity contribution >= 4 is 27.4 Å². The van der Waals surface area contributed by atoms with Gasteiger partial charge in [0.05, 0.1) is 10.6 Å². The highest BCUT2D eigenvalue weighted by atomic mass is 35.5. The van der Waals surface area contributed by atoms with Gasteiger partial charge in [-0.1, -0.05) is 17.7 Å². The first-order valence-corrected chi connectivity index (χ1v) is 10.9. The number of benzene rings is 1. The molecule has 3 heterocycles. The number of hydrogen-bond acceptors (Lipinski definition) is 5. The van der Waals surface area contributed by atoms with Gasteiger partial charge in [0.25, 0.3) is 0 Å². The van der Waals surface area contributed by atoms with Gasteiger partial charge >= 0.3 is 0 Å². The summed E-state index contributed by atoms with van der Waals surface area (Å²) in [7, 11) is -3.62. The highest BCUT2D eigenvalue weighted by molar-refractivity contribution is 7.89. The maximum Gasteiger partial charge on any atom is 0.240 e. The predicted octanol–water partition coefficient (Wildman–Crippen LogP) is 3.07. The molecule has 0 saturated carbocycles. The van der Waals surface area contributed by atoms with E-state index in [-0.39, 0.29) is 10.9 Å². The minimum absolute atomic E-state index is 0.178. The van der Waals surface area contributed by atoms with E-state index < -0.39 is 10.0 Å². The van der Waals surface area contributed by atoms with Crippen LogP contribution in [0, 0.1) is 0 Å². The fourth-order valence-corrected chi connectivity index (χ4v) is 4.92. The fraction of sp³-hybridized carbons (Fsp3) is 0.263. The average Bonchev–Trinajstić information content (AvgIpc) is 3.19. The average molecular weight is 418 g/mol. The van der Waals surface area contributed by atoms with E-state index in [1.807, 2.05) is 18.2 Å². The number of nitrogens with zero attached hydrogens (tertiary/aromatic N) is 3. The molecule has 1 saturated heterocycles. The minimum Gasteiger partial charge on any atom is -0.354 e. The van der Waals surface area contributed by atoms with E-state index in [1.165, 1.54) is 6.07 Å². The van der Waals surface area contributed by atoms with Crippen LogP contribution in [0.3, 0.4) is 0 Å². The summed E-state index contributed by atoms with van der Waals surface area (Å²) in [6.07, 6.45) is 5.12. The Morgan fingerprint density at radius 1 is 1.18 bits per heavy atom. The number of nitrogens with one attached hydrogen (secondary N) is 2. The first-order chi connectivity index (χ1) is 13.5. The normalized spacial score (nSPS) is 17.6. The van der Waals surface area contributed by atoms with Gasteiger partial charge in [-0.2, -0.15) is 5.10 Å². The van der Waals surface area contributed by atoms with E-state index in [2.05, 4.69) is 24.8 Å². The lowest BCUT2D eigenvalue weighted by Gasteiger charge is -2.33. The lowest BCUT2D eigenvalue weighted by atomic mass is 10.1. The first-order valence-electron chi connectivity index (χ1n) is 9.00. The number of pyridine rings is 1. The van der Waals surface area contributed by atoms with Crippen molar-refractivity contribution in [2.24, 2.45) is 0 Å². The Labute approximate surface area is 168 Å². The largest absolute Gasteiger partial charge is 0.354 e. The Bertz CT molecular complexity index is 1050. The van der Waals surface area contributed by atoms with Gasteiger partial charge in [0.15, 0.2) is 5.82 Å². The smallest absolute Gasteiger partial charge is 0.240 e. The monoisotopic (exact) mass is 417 g/mol. The van der Waals surface area contributed by atoms with Crippen molar-refractivity contribution in [3.8, 4) is 11.3 Å². The van der Waals surface area contributed by atoms with Gasteiger partial charge in [-0.15, -0.1) is 0 Å². The van der Waals surface area contributed by atoms with Crippen LogP contribution in [0.5, 0.6) is 0 Å². The molecule has 2 aromatic heterocycles. The predicted molar refractivity (Wildman–Crippen MR) is 109 cm³/mol. The first kappa shape index (κ1) is 18.9. The second-order valence-electron chi connectivity index (χ2n) is 6.74. The van der Waals surface area contributed by atoms with Crippen LogP contribution < -0.4 is 9.62 Å². The molecule has 3 aromatic rings. The number of hydrogen-bond donors (Lipinski definition) is 2. The fourth-order valence-electron chi connectivity index (χ4n) is 3.36. The van der Waals surface area contributed by atoms with Gasteiger partial charge < -0.3 is 4.90 Å². The molecule has 0 amide bonds. The number of H-pyrrole nitrogens is 1. The van der Waals surface area contributed by atoms with Crippen LogP contribution in [0.4, 0.5) is 5.82 Å². The van der Waals surface area contributed by atoms with Crippen LogP contribution in [-0.4, -0.2) is 42.7 Å². The third kappa shape index (κ3) is 4.19. The lowest BCUT2D eigenvalue weighted by Crippen LogP contribution is -2.47. The van der Waals surface area contributed by atoms with Gasteiger partial charge in [0, 0.05) is 48.2 Å². The molecule has 0 unspecified atom stereocenters. The van der Waals surface area contributed by atoms with E-state index in [4.69, 9.17) is 11.6 Å². The van der Waals surface area contributed by atoms with Crippen molar-refractivity contribution in [1.29, 1.82) is 0 Å². The Morgan fingerprint density at radius 3 is 2.79 bits per heavy atom. The van der Waals surface area contributed by atoms with Gasteiger partial charge in [0.1, 0.15) is 0 Å². The lowest BCUT2D eigenvalue weighted by molar-refractivity contribution is 0.464. The van der Waals surface area contributed by atoms with E-state index in [9.17, 15) is 8.42 Å². The third-order valence-corrected chi connectivity index (χ3v) is 6.48. The molecule has 0 spiro atoms. The Kier molecular flexibility index (Phi) is 5.34. The molecule has 0 aliphatic carbocycles. The van der Waals surface area contributed by atoms with Crippen LogP contribution in [0.25, 0.3) is 11.3 Å². The second-order valence-corrected chi connectivity index (χ2v) is 8.89. The van der Waals surface area contributed by atoms with E-state index >= 15 is 0 Å². The summed E-state index contributed by atoms with van der Waals surface area (Å²) in [6, 6.07) is 11.9. The topological polar surface area (TPSA) is 91.0 Å². The standard InChI is InChI=1S/C19H20ClN5O2S/c20-15-3-1-5-17(11-15)28(26,27)24-16-4-2-10-25(13-16)19-12-18(22-23-19)14-6-8-21-9-7-14/h1,3,5-9,11-12,16,24H,2,4,10,13H2,(H,22,23)/t16-/m0/s1. The zero-order chi connectivity index (χ0) is 19.6. The van der Waals surface area contributed by atoms with Gasteiger partial charge in [-0.3, -0.25) is 10.1 Å². The summed E-state index contributed by atoms with van der Waals surface area (Å²) in [4.78, 5) is 6.29. The molecule has 28 heavy (non-hydrogen) atoms. The van der Waals surface area contributed by atoms with Crippen LogP contribution in [0.15, 0.2) is 59.8 Å². The molecule has 1 fully saturated rings. The van der Waals surface area contributed by atoms with E-state index in [1.54, 1.807) is 30.6 Å². The maximum atomic E-state index is 12.7. The number of aromatic amines is 1. The molecule has 0 radical (unpaired) electrons. The summed E-state index contributed by atoms with van der Waals surface area (Å²) in [5, 5.41) is 7.84. The zero-order valence-corrected chi connectivity index (χ0v) is 16.6. The maximum absolute atomic E-state index is 12.7. The highest BCUT2D eigenvalue weighted by Gasteiger charge is 2.26. The summed E-state index contributed by atoms with van der Waals surface area (Å²) in [5.74, 6) is 0.804. The molecule has 0 bridgehead atoms. The Hall–Kier alpha value is -2.42. The van der Waals surface area contributed by atoms with Crippen molar-refractivity contribution in [3.63, 3.8) is 0 Å². The van der Waals surface area contributed by atoms with E-state index in [0.29, 0.717) is 11.6 Å². The van der Waals surface area contributed by atoms with Crippen molar-refractivity contribution in [3.05, 3.63) is 59.9 Å². The second kappa shape index (κ2) is 7.90. The summed E-state index contributed by atoms with van der Waals surface area (Å²) in [5.41, 5.74) is 1.91. The van der Waals surface area contributed by atoms with Gasteiger partial charge in [0.2, 0.25) is 10.0 Å². The molecule has 7 nitrogen and oxygen atoms in total. The number of sulfonamides is 1. The van der Waals surface area contributed by atoms with Crippen molar-refractivity contribution in [2.45, 2.75) is 23.8 Å². The third-order valence-electron chi connectivity index (χ3n) is 4.73. The van der Waals surface area contributed by atoms with Crippen molar-refractivity contribution in [2.75, 3.05) is 18.0 Å². The summed E-state index contributed by atoms with van der Waals surface area (Å²) < 4.78 is 28.1. The van der Waals surface area contributed by atoms with Gasteiger partial charge in [-0.05, 0) is 43.2 Å². The molecule has 1 aromatic carbocycles. The number of rotatable bonds is 5. The molecule has 2 N–H and O–H groups in total. The SMILES string of the molecule is O=S(=O)(N[C@H]1CCCN(c2cc(-c3ccncc3)[nH]n2)C1)c1cccc(Cl)c1. The van der Waals surface area contributed by atoms with Crippen molar-refractivity contribution < 1.29 is 8.42 Å². The van der Waals surface area contributed by atoms with Crippen LogP contribution in [-0.2, 0) is 10.0 Å². The Morgan fingerprint density at radius 2 is 2.00 bits per heavy atom. The molecular weight excluding hydrogens is 398 g/mol. The number of halogens is 1. The number of anilines is 1. The zero-order valence-electron chi connectivity index (χ0n) is 15.0. The van der Waals surface area contributed by atoms with Crippen molar-refractivity contribution in [1.82, 2.24) is 19.9 Å². The molecule has 4 rings (SSSR count). The molecule has 146 valence electrons. The quantitative estimate of drug-likeness (QED) is 0.665. The summed E-state index contributed by atoms with van der Waals surface area (Å²) >= 11 is 5.93. The van der Waals surface area contributed by atoms with Gasteiger partial charge in [-0.25, -0.2) is 13.1 Å². The molecular formula is C19H20ClN5O2S. The van der Waals surface area contributed by atoms with Crippen LogP contribution >= 0.6 is 11.6 Å². The molecule has 1 atom stereocenters. The molecule has 1 aliphatic heterocycles. The number of piperidine rings is 1. The van der Waals surface area contributed by atoms with Crippen LogP contribution in [0.1, 0.15) is 12.8 Å². The van der Waals surface area contributed by atoms with Crippen LogP contribution in [0.2, 0.25) is 5.02 Å². The minimum atomic E-state index is -3.62. The Balaban J connectivity index is 1.47.